The van der Waals surface area contributed by atoms with E-state index in [2.05, 4.69) is 12.7 Å². The number of amides is 2. The average molecular weight is 191 g/mol. The van der Waals surface area contributed by atoms with Crippen LogP contribution in [0.4, 0.5) is 0 Å². The molecule has 74 valence electrons. The predicted octanol–water partition coefficient (Wildman–Crippen LogP) is 1.12. The zero-order valence-corrected chi connectivity index (χ0v) is 8.19. The fraction of sp³-hybridized carbons (Fsp3) is 0.455. The van der Waals surface area contributed by atoms with Gasteiger partial charge in [-0.25, -0.2) is 0 Å². The molecule has 0 spiro atoms. The smallest absolute Gasteiger partial charge is 0.256 e. The highest BCUT2D eigenvalue weighted by Gasteiger charge is 2.43. The molecule has 14 heavy (non-hydrogen) atoms. The summed E-state index contributed by atoms with van der Waals surface area (Å²) in [6, 6.07) is 0. The lowest BCUT2D eigenvalue weighted by atomic mass is 9.88. The summed E-state index contributed by atoms with van der Waals surface area (Å²) in [6.07, 6.45) is 6.05. The Morgan fingerprint density at radius 2 is 2.21 bits per heavy atom. The van der Waals surface area contributed by atoms with E-state index >= 15 is 0 Å². The van der Waals surface area contributed by atoms with Crippen molar-refractivity contribution in [3.05, 3.63) is 24.3 Å². The van der Waals surface area contributed by atoms with Crippen molar-refractivity contribution < 1.29 is 9.59 Å². The van der Waals surface area contributed by atoms with Crippen LogP contribution >= 0.6 is 0 Å². The van der Waals surface area contributed by atoms with Crippen LogP contribution in [0.2, 0.25) is 0 Å². The van der Waals surface area contributed by atoms with Gasteiger partial charge in [-0.2, -0.15) is 0 Å². The van der Waals surface area contributed by atoms with Crippen molar-refractivity contribution in [1.82, 2.24) is 4.90 Å². The number of allylic oxidation sites excluding steroid dienone is 2. The Morgan fingerprint density at radius 3 is 2.64 bits per heavy atom. The number of nitrogens with zero attached hydrogens (tertiary/aromatic N) is 1. The topological polar surface area (TPSA) is 37.4 Å². The van der Waals surface area contributed by atoms with Crippen LogP contribution in [0.5, 0.6) is 0 Å². The highest BCUT2D eigenvalue weighted by atomic mass is 16.2. The minimum absolute atomic E-state index is 0.100. The molecule has 0 bridgehead atoms. The summed E-state index contributed by atoms with van der Waals surface area (Å²) in [7, 11) is 1.52. The van der Waals surface area contributed by atoms with E-state index in [4.69, 9.17) is 0 Å². The molecule has 2 amide bonds. The Balaban J connectivity index is 2.27. The van der Waals surface area contributed by atoms with Crippen molar-refractivity contribution in [3.8, 4) is 0 Å². The molecule has 0 N–H and O–H groups in total. The minimum Gasteiger partial charge on any atom is -0.281 e. The number of imide groups is 1. The molecule has 1 heterocycles. The minimum atomic E-state index is -0.300. The highest BCUT2D eigenvalue weighted by Crippen LogP contribution is 2.35. The molecule has 3 heteroatoms. The number of carbonyl (C=O) groups is 2. The predicted molar refractivity (Wildman–Crippen MR) is 52.3 cm³/mol. The van der Waals surface area contributed by atoms with Gasteiger partial charge >= 0.3 is 0 Å². The lowest BCUT2D eigenvalue weighted by Crippen LogP contribution is -2.27. The molecule has 1 saturated heterocycles. The second kappa shape index (κ2) is 3.08. The summed E-state index contributed by atoms with van der Waals surface area (Å²) >= 11 is 0. The molecule has 0 radical (unpaired) electrons. The van der Waals surface area contributed by atoms with Crippen LogP contribution in [-0.4, -0.2) is 23.8 Å². The molecule has 1 fully saturated rings. The molecule has 1 aliphatic carbocycles. The quantitative estimate of drug-likeness (QED) is 0.354. The molecular weight excluding hydrogens is 178 g/mol. The number of carbonyl (C=O) groups excluding carboxylic acids is 2. The van der Waals surface area contributed by atoms with Crippen molar-refractivity contribution in [3.63, 3.8) is 0 Å². The molecule has 2 unspecified atom stereocenters. The first kappa shape index (κ1) is 9.19. The lowest BCUT2D eigenvalue weighted by molar-refractivity contribution is -0.137. The standard InChI is InChI=1S/C11H13NO2/c1-7-9(8-5-3-4-6-8)11(14)12(2)10(7)13/h3,5,8-9H,1,4,6H2,2H3. The summed E-state index contributed by atoms with van der Waals surface area (Å²) < 4.78 is 0. The molecule has 0 aromatic rings. The van der Waals surface area contributed by atoms with E-state index in [0.717, 1.165) is 12.8 Å². The zero-order valence-electron chi connectivity index (χ0n) is 8.19. The fourth-order valence-corrected chi connectivity index (χ4v) is 2.18. The van der Waals surface area contributed by atoms with Gasteiger partial charge in [0.05, 0.1) is 5.92 Å². The second-order valence-electron chi connectivity index (χ2n) is 3.87. The largest absolute Gasteiger partial charge is 0.281 e. The van der Waals surface area contributed by atoms with Gasteiger partial charge in [-0.05, 0) is 18.8 Å². The molecule has 0 aromatic heterocycles. The molecule has 1 aliphatic heterocycles. The van der Waals surface area contributed by atoms with Gasteiger partial charge in [-0.3, -0.25) is 14.5 Å². The van der Waals surface area contributed by atoms with Gasteiger partial charge in [0.25, 0.3) is 5.91 Å². The normalized spacial score (nSPS) is 32.1. The van der Waals surface area contributed by atoms with Gasteiger partial charge in [0.15, 0.2) is 0 Å². The van der Waals surface area contributed by atoms with Crippen molar-refractivity contribution in [2.45, 2.75) is 12.8 Å². The summed E-state index contributed by atoms with van der Waals surface area (Å²) in [6.45, 7) is 3.72. The summed E-state index contributed by atoms with van der Waals surface area (Å²) in [5, 5.41) is 0. The molecule has 2 atom stereocenters. The number of hydrogen-bond acceptors (Lipinski definition) is 2. The van der Waals surface area contributed by atoms with E-state index in [1.54, 1.807) is 0 Å². The number of hydrogen-bond donors (Lipinski definition) is 0. The second-order valence-corrected chi connectivity index (χ2v) is 3.87. The van der Waals surface area contributed by atoms with E-state index in [1.807, 2.05) is 6.08 Å². The van der Waals surface area contributed by atoms with Gasteiger partial charge in [0.1, 0.15) is 0 Å². The first-order chi connectivity index (χ1) is 6.63. The van der Waals surface area contributed by atoms with Crippen molar-refractivity contribution >= 4 is 11.8 Å². The monoisotopic (exact) mass is 191 g/mol. The van der Waals surface area contributed by atoms with Crippen molar-refractivity contribution in [1.29, 1.82) is 0 Å². The van der Waals surface area contributed by atoms with Gasteiger partial charge in [0.2, 0.25) is 5.91 Å². The maximum Gasteiger partial charge on any atom is 0.256 e. The molecule has 0 aromatic carbocycles. The van der Waals surface area contributed by atoms with E-state index in [-0.39, 0.29) is 23.7 Å². The Morgan fingerprint density at radius 1 is 1.50 bits per heavy atom. The Labute approximate surface area is 83.1 Å². The molecular formula is C11H13NO2. The first-order valence-electron chi connectivity index (χ1n) is 4.80. The van der Waals surface area contributed by atoms with Gasteiger partial charge in [-0.1, -0.05) is 18.7 Å². The third-order valence-electron chi connectivity index (χ3n) is 3.03. The van der Waals surface area contributed by atoms with Crippen LogP contribution in [0.15, 0.2) is 24.3 Å². The van der Waals surface area contributed by atoms with Crippen LogP contribution in [0, 0.1) is 11.8 Å². The van der Waals surface area contributed by atoms with E-state index in [0.29, 0.717) is 5.57 Å². The average Bonchev–Trinajstić information content (AvgIpc) is 2.73. The molecule has 2 aliphatic rings. The first-order valence-corrected chi connectivity index (χ1v) is 4.80. The van der Waals surface area contributed by atoms with E-state index in [9.17, 15) is 9.59 Å². The summed E-state index contributed by atoms with van der Waals surface area (Å²) in [5.74, 6) is -0.438. The van der Waals surface area contributed by atoms with Crippen molar-refractivity contribution in [2.24, 2.45) is 11.8 Å². The SMILES string of the molecule is C=C1C(=O)N(C)C(=O)C1C1C=CCC1. The van der Waals surface area contributed by atoms with Gasteiger partial charge < -0.3 is 0 Å². The number of likely N-dealkylation sites (tertiary alicyclic amines) is 1. The highest BCUT2D eigenvalue weighted by molar-refractivity contribution is 6.14. The number of likely N-dealkylation sites (N-methyl/N-ethyl adjacent to an activating group) is 1. The Kier molecular flexibility index (Phi) is 2.02. The van der Waals surface area contributed by atoms with E-state index in [1.165, 1.54) is 11.9 Å². The van der Waals surface area contributed by atoms with Crippen LogP contribution in [-0.2, 0) is 9.59 Å². The third kappa shape index (κ3) is 1.12. The van der Waals surface area contributed by atoms with Crippen LogP contribution in [0.1, 0.15) is 12.8 Å². The van der Waals surface area contributed by atoms with E-state index < -0.39 is 0 Å². The van der Waals surface area contributed by atoms with Crippen LogP contribution in [0.3, 0.4) is 0 Å². The molecule has 2 rings (SSSR count). The fourth-order valence-electron chi connectivity index (χ4n) is 2.18. The van der Waals surface area contributed by atoms with Crippen LogP contribution < -0.4 is 0 Å². The van der Waals surface area contributed by atoms with Gasteiger partial charge in [-0.15, -0.1) is 0 Å². The summed E-state index contributed by atoms with van der Waals surface area (Å²) in [5.41, 5.74) is 0.453. The van der Waals surface area contributed by atoms with Crippen molar-refractivity contribution in [2.75, 3.05) is 7.05 Å². The summed E-state index contributed by atoms with van der Waals surface area (Å²) in [4.78, 5) is 24.4. The number of rotatable bonds is 1. The molecule has 3 nitrogen and oxygen atoms in total. The third-order valence-corrected chi connectivity index (χ3v) is 3.03. The Hall–Kier alpha value is -1.38. The Bertz CT molecular complexity index is 343. The maximum atomic E-state index is 11.7. The lowest BCUT2D eigenvalue weighted by Gasteiger charge is -2.14. The van der Waals surface area contributed by atoms with Gasteiger partial charge in [0, 0.05) is 12.6 Å². The molecule has 0 saturated carbocycles. The zero-order chi connectivity index (χ0) is 10.3. The van der Waals surface area contributed by atoms with Crippen LogP contribution in [0.25, 0.3) is 0 Å². The maximum absolute atomic E-state index is 11.7.